The molecular formula is C11H16N4O5. The van der Waals surface area contributed by atoms with Gasteiger partial charge in [-0.05, 0) is 6.92 Å². The number of morpholine rings is 1. The second-order valence-electron chi connectivity index (χ2n) is 4.66. The van der Waals surface area contributed by atoms with Crippen molar-refractivity contribution < 1.29 is 19.6 Å². The molecule has 0 saturated carbocycles. The van der Waals surface area contributed by atoms with Crippen LogP contribution < -0.4 is 4.90 Å². The van der Waals surface area contributed by atoms with Gasteiger partial charge in [-0.3, -0.25) is 14.9 Å². The Hall–Kier alpha value is -2.16. The van der Waals surface area contributed by atoms with Crippen LogP contribution in [0.4, 0.5) is 11.5 Å². The number of carboxylic acid groups (broad SMARTS) is 1. The first-order chi connectivity index (χ1) is 9.41. The molecule has 0 bridgehead atoms. The number of carboxylic acids is 1. The maximum atomic E-state index is 11.2. The lowest BCUT2D eigenvalue weighted by Gasteiger charge is -2.35. The van der Waals surface area contributed by atoms with Gasteiger partial charge in [0.2, 0.25) is 5.82 Å². The minimum Gasteiger partial charge on any atom is -0.481 e. The van der Waals surface area contributed by atoms with E-state index in [2.05, 4.69) is 5.10 Å². The van der Waals surface area contributed by atoms with Crippen molar-refractivity contribution in [3.63, 3.8) is 0 Å². The van der Waals surface area contributed by atoms with E-state index in [-0.39, 0.29) is 18.7 Å². The molecule has 1 aromatic rings. The lowest BCUT2D eigenvalue weighted by Crippen LogP contribution is -2.47. The van der Waals surface area contributed by atoms with E-state index in [0.717, 1.165) is 0 Å². The van der Waals surface area contributed by atoms with Crippen molar-refractivity contribution in [1.82, 2.24) is 9.78 Å². The summed E-state index contributed by atoms with van der Waals surface area (Å²) in [5, 5.41) is 24.2. The maximum Gasteiger partial charge on any atom is 0.333 e. The minimum absolute atomic E-state index is 0.0789. The van der Waals surface area contributed by atoms with Crippen molar-refractivity contribution in [1.29, 1.82) is 0 Å². The second-order valence-corrected chi connectivity index (χ2v) is 4.66. The number of aromatic nitrogens is 2. The molecule has 1 aromatic heterocycles. The number of rotatable bonds is 4. The monoisotopic (exact) mass is 284 g/mol. The predicted octanol–water partition coefficient (Wildman–Crippen LogP) is 0.317. The van der Waals surface area contributed by atoms with Crippen LogP contribution in [0.25, 0.3) is 0 Å². The molecule has 1 fully saturated rings. The summed E-state index contributed by atoms with van der Waals surface area (Å²) in [5.41, 5.74) is 0.234. The van der Waals surface area contributed by atoms with Gasteiger partial charge in [0.15, 0.2) is 0 Å². The molecular weight excluding hydrogens is 268 g/mol. The van der Waals surface area contributed by atoms with Gasteiger partial charge in [-0.15, -0.1) is 0 Å². The van der Waals surface area contributed by atoms with Gasteiger partial charge >= 0.3 is 11.7 Å². The Morgan fingerprint density at radius 1 is 1.65 bits per heavy atom. The molecule has 0 radical (unpaired) electrons. The third kappa shape index (κ3) is 2.57. The van der Waals surface area contributed by atoms with Crippen LogP contribution in [0.15, 0.2) is 0 Å². The highest BCUT2D eigenvalue weighted by Crippen LogP contribution is 2.33. The van der Waals surface area contributed by atoms with Gasteiger partial charge in [-0.25, -0.2) is 4.68 Å². The summed E-state index contributed by atoms with van der Waals surface area (Å²) in [6.45, 7) is 2.59. The van der Waals surface area contributed by atoms with Crippen LogP contribution in [-0.2, 0) is 16.6 Å². The summed E-state index contributed by atoms with van der Waals surface area (Å²) < 4.78 is 6.70. The van der Waals surface area contributed by atoms with Crippen molar-refractivity contribution in [2.24, 2.45) is 7.05 Å². The largest absolute Gasteiger partial charge is 0.481 e. The predicted molar refractivity (Wildman–Crippen MR) is 68.8 cm³/mol. The number of aliphatic carboxylic acids is 1. The van der Waals surface area contributed by atoms with E-state index >= 15 is 0 Å². The SMILES string of the molecule is Cc1nn(C)c(N2CCOCC2CC(=O)O)c1[N+](=O)[O-]. The first kappa shape index (κ1) is 14.3. The smallest absolute Gasteiger partial charge is 0.333 e. The highest BCUT2D eigenvalue weighted by molar-refractivity contribution is 5.70. The second kappa shape index (κ2) is 5.45. The molecule has 0 aromatic carbocycles. The molecule has 1 atom stereocenters. The standard InChI is InChI=1S/C11H16N4O5/c1-7-10(15(18)19)11(13(2)12-7)14-3-4-20-6-8(14)5-9(16)17/h8H,3-6H2,1-2H3,(H,16,17). The topological polar surface area (TPSA) is 111 Å². The zero-order valence-corrected chi connectivity index (χ0v) is 11.3. The summed E-state index contributed by atoms with van der Waals surface area (Å²) in [4.78, 5) is 23.3. The average Bonchev–Trinajstić information content (AvgIpc) is 2.64. The number of ether oxygens (including phenoxy) is 1. The molecule has 0 spiro atoms. The third-order valence-corrected chi connectivity index (χ3v) is 3.25. The van der Waals surface area contributed by atoms with Crippen LogP contribution >= 0.6 is 0 Å². The fourth-order valence-corrected chi connectivity index (χ4v) is 2.47. The molecule has 20 heavy (non-hydrogen) atoms. The van der Waals surface area contributed by atoms with Crippen LogP contribution in [0.5, 0.6) is 0 Å². The van der Waals surface area contributed by atoms with Crippen molar-refractivity contribution >= 4 is 17.5 Å². The van der Waals surface area contributed by atoms with E-state index in [1.165, 1.54) is 4.68 Å². The van der Waals surface area contributed by atoms with Crippen molar-refractivity contribution in [3.05, 3.63) is 15.8 Å². The van der Waals surface area contributed by atoms with Crippen molar-refractivity contribution in [3.8, 4) is 0 Å². The van der Waals surface area contributed by atoms with Crippen molar-refractivity contribution in [2.45, 2.75) is 19.4 Å². The lowest BCUT2D eigenvalue weighted by atomic mass is 10.1. The van der Waals surface area contributed by atoms with E-state index in [9.17, 15) is 14.9 Å². The molecule has 0 amide bonds. The Balaban J connectivity index is 2.42. The summed E-state index contributed by atoms with van der Waals surface area (Å²) in [6, 6.07) is -0.435. The molecule has 110 valence electrons. The molecule has 1 unspecified atom stereocenters. The number of aryl methyl sites for hydroxylation is 2. The molecule has 9 nitrogen and oxygen atoms in total. The van der Waals surface area contributed by atoms with Gasteiger partial charge in [-0.2, -0.15) is 5.10 Å². The lowest BCUT2D eigenvalue weighted by molar-refractivity contribution is -0.384. The zero-order chi connectivity index (χ0) is 14.9. The van der Waals surface area contributed by atoms with E-state index in [1.807, 2.05) is 0 Å². The molecule has 2 heterocycles. The Morgan fingerprint density at radius 2 is 2.35 bits per heavy atom. The van der Waals surface area contributed by atoms with Gasteiger partial charge in [0.05, 0.1) is 30.6 Å². The summed E-state index contributed by atoms with van der Waals surface area (Å²) in [6.07, 6.45) is -0.138. The van der Waals surface area contributed by atoms with Gasteiger partial charge in [0, 0.05) is 13.6 Å². The Morgan fingerprint density at radius 3 is 2.95 bits per heavy atom. The highest BCUT2D eigenvalue weighted by Gasteiger charge is 2.34. The summed E-state index contributed by atoms with van der Waals surface area (Å²) in [5.74, 6) is -0.630. The van der Waals surface area contributed by atoms with Gasteiger partial charge < -0.3 is 14.7 Å². The molecule has 1 aliphatic rings. The van der Waals surface area contributed by atoms with Crippen LogP contribution in [0, 0.1) is 17.0 Å². The first-order valence-corrected chi connectivity index (χ1v) is 6.16. The minimum atomic E-state index is -0.966. The Kier molecular flexibility index (Phi) is 3.89. The Labute approximate surface area is 114 Å². The molecule has 2 rings (SSSR count). The molecule has 1 N–H and O–H groups in total. The van der Waals surface area contributed by atoms with E-state index in [1.54, 1.807) is 18.9 Å². The summed E-state index contributed by atoms with van der Waals surface area (Å²) >= 11 is 0. The fourth-order valence-electron chi connectivity index (χ4n) is 2.47. The quantitative estimate of drug-likeness (QED) is 0.626. The number of anilines is 1. The van der Waals surface area contributed by atoms with E-state index in [4.69, 9.17) is 9.84 Å². The Bertz CT molecular complexity index is 541. The normalized spacial score (nSPS) is 19.1. The number of carbonyl (C=O) groups is 1. The number of hydrogen-bond donors (Lipinski definition) is 1. The number of nitro groups is 1. The number of hydrogen-bond acceptors (Lipinski definition) is 6. The number of nitrogens with zero attached hydrogens (tertiary/aromatic N) is 4. The molecule has 1 saturated heterocycles. The van der Waals surface area contributed by atoms with E-state index in [0.29, 0.717) is 24.7 Å². The fraction of sp³-hybridized carbons (Fsp3) is 0.636. The average molecular weight is 284 g/mol. The molecule has 0 aliphatic carbocycles. The zero-order valence-electron chi connectivity index (χ0n) is 11.3. The van der Waals surface area contributed by atoms with Crippen molar-refractivity contribution in [2.75, 3.05) is 24.7 Å². The van der Waals surface area contributed by atoms with Gasteiger partial charge in [0.25, 0.3) is 0 Å². The van der Waals surface area contributed by atoms with Gasteiger partial charge in [-0.1, -0.05) is 0 Å². The molecule has 9 heteroatoms. The van der Waals surface area contributed by atoms with Crippen LogP contribution in [-0.4, -0.2) is 51.6 Å². The van der Waals surface area contributed by atoms with Crippen LogP contribution in [0.1, 0.15) is 12.1 Å². The van der Waals surface area contributed by atoms with Crippen LogP contribution in [0.2, 0.25) is 0 Å². The summed E-state index contributed by atoms with van der Waals surface area (Å²) in [7, 11) is 1.61. The van der Waals surface area contributed by atoms with Gasteiger partial charge in [0.1, 0.15) is 5.69 Å². The maximum absolute atomic E-state index is 11.2. The first-order valence-electron chi connectivity index (χ1n) is 6.16. The van der Waals surface area contributed by atoms with Crippen LogP contribution in [0.3, 0.4) is 0 Å². The molecule has 1 aliphatic heterocycles. The highest BCUT2D eigenvalue weighted by atomic mass is 16.6. The third-order valence-electron chi connectivity index (χ3n) is 3.25. The van der Waals surface area contributed by atoms with E-state index < -0.39 is 16.9 Å².